The van der Waals surface area contributed by atoms with Crippen LogP contribution in [0.15, 0.2) is 30.5 Å². The third kappa shape index (κ3) is 1.67. The van der Waals surface area contributed by atoms with E-state index >= 15 is 0 Å². The van der Waals surface area contributed by atoms with Gasteiger partial charge in [-0.2, -0.15) is 20.5 Å². The smallest absolute Gasteiger partial charge is 0.190 e. The Hall–Kier alpha value is -2.50. The zero-order valence-corrected chi connectivity index (χ0v) is 9.79. The number of H-pyrrole nitrogens is 1. The maximum atomic E-state index is 12.0. The fourth-order valence-corrected chi connectivity index (χ4v) is 2.00. The number of aromatic nitrogens is 5. The van der Waals surface area contributed by atoms with Crippen LogP contribution in [0.2, 0.25) is 0 Å². The number of ketones is 1. The van der Waals surface area contributed by atoms with Crippen LogP contribution in [0.4, 0.5) is 0 Å². The van der Waals surface area contributed by atoms with Gasteiger partial charge in [0.2, 0.25) is 0 Å². The minimum Gasteiger partial charge on any atom is -0.292 e. The average molecular weight is 241 g/mol. The first-order valence-corrected chi connectivity index (χ1v) is 5.55. The molecule has 1 N–H and O–H groups in total. The van der Waals surface area contributed by atoms with Crippen molar-refractivity contribution in [3.8, 4) is 0 Å². The average Bonchev–Trinajstić information content (AvgIpc) is 3.00. The van der Waals surface area contributed by atoms with Crippen molar-refractivity contribution in [2.24, 2.45) is 7.05 Å². The summed E-state index contributed by atoms with van der Waals surface area (Å²) in [5.41, 5.74) is 2.12. The first kappa shape index (κ1) is 10.6. The Morgan fingerprint density at radius 3 is 3.00 bits per heavy atom. The van der Waals surface area contributed by atoms with Crippen LogP contribution in [0.5, 0.6) is 0 Å². The standard InChI is InChI=1S/C12H11N5O/c1-17-11-5-3-2-4-8(11)9(15-17)6-12(18)10-7-13-16-14-10/h2-5,7H,6H2,1H3,(H,13,14,16). The number of carbonyl (C=O) groups excluding carboxylic acids is 1. The first-order chi connectivity index (χ1) is 8.75. The fraction of sp³-hybridized carbons (Fsp3) is 0.167. The van der Waals surface area contributed by atoms with Crippen LogP contribution in [0.3, 0.4) is 0 Å². The molecule has 2 aromatic heterocycles. The highest BCUT2D eigenvalue weighted by atomic mass is 16.1. The normalized spacial score (nSPS) is 10.9. The number of aryl methyl sites for hydroxylation is 1. The largest absolute Gasteiger partial charge is 0.292 e. The van der Waals surface area contributed by atoms with Gasteiger partial charge < -0.3 is 0 Å². The molecule has 0 spiro atoms. The van der Waals surface area contributed by atoms with E-state index in [1.54, 1.807) is 4.68 Å². The topological polar surface area (TPSA) is 76.5 Å². The van der Waals surface area contributed by atoms with E-state index in [0.29, 0.717) is 5.69 Å². The molecule has 0 saturated carbocycles. The van der Waals surface area contributed by atoms with Gasteiger partial charge in [0.1, 0.15) is 5.69 Å². The first-order valence-electron chi connectivity index (χ1n) is 5.55. The van der Waals surface area contributed by atoms with Gasteiger partial charge in [-0.25, -0.2) is 0 Å². The van der Waals surface area contributed by atoms with E-state index in [1.807, 2.05) is 31.3 Å². The molecule has 0 bridgehead atoms. The predicted octanol–water partition coefficient (Wildman–Crippen LogP) is 1.12. The summed E-state index contributed by atoms with van der Waals surface area (Å²) in [5.74, 6) is -0.0902. The number of fused-ring (bicyclic) bond motifs is 1. The van der Waals surface area contributed by atoms with E-state index in [1.165, 1.54) is 6.20 Å². The van der Waals surface area contributed by atoms with Crippen LogP contribution in [0, 0.1) is 0 Å². The lowest BCUT2D eigenvalue weighted by molar-refractivity contribution is 0.0987. The number of Topliss-reactive ketones (excluding diaryl/α,β-unsaturated/α-hetero) is 1. The molecule has 1 aromatic carbocycles. The van der Waals surface area contributed by atoms with E-state index in [4.69, 9.17) is 0 Å². The van der Waals surface area contributed by atoms with Gasteiger partial charge in [0.15, 0.2) is 5.78 Å². The fourth-order valence-electron chi connectivity index (χ4n) is 2.00. The molecular formula is C12H11N5O. The molecule has 0 saturated heterocycles. The van der Waals surface area contributed by atoms with Gasteiger partial charge in [-0.3, -0.25) is 9.48 Å². The number of hydrogen-bond acceptors (Lipinski definition) is 4. The van der Waals surface area contributed by atoms with Crippen LogP contribution >= 0.6 is 0 Å². The lowest BCUT2D eigenvalue weighted by Crippen LogP contribution is -2.05. The molecule has 0 atom stereocenters. The van der Waals surface area contributed by atoms with Crippen molar-refractivity contribution < 1.29 is 4.79 Å². The van der Waals surface area contributed by atoms with Gasteiger partial charge >= 0.3 is 0 Å². The van der Waals surface area contributed by atoms with E-state index in [9.17, 15) is 4.79 Å². The Labute approximate surface area is 103 Å². The minimum atomic E-state index is -0.0902. The van der Waals surface area contributed by atoms with E-state index in [2.05, 4.69) is 20.5 Å². The SMILES string of the molecule is Cn1nc(CC(=O)c2cn[nH]n2)c2ccccc21. The van der Waals surface area contributed by atoms with Gasteiger partial charge in [-0.05, 0) is 6.07 Å². The Morgan fingerprint density at radius 1 is 1.39 bits per heavy atom. The Balaban J connectivity index is 1.98. The summed E-state index contributed by atoms with van der Waals surface area (Å²) in [7, 11) is 1.87. The number of rotatable bonds is 3. The van der Waals surface area contributed by atoms with Crippen LogP contribution in [-0.2, 0) is 13.5 Å². The molecule has 2 heterocycles. The molecule has 6 nitrogen and oxygen atoms in total. The third-order valence-corrected chi connectivity index (χ3v) is 2.86. The molecule has 0 aliphatic heterocycles. The number of para-hydroxylation sites is 1. The summed E-state index contributed by atoms with van der Waals surface area (Å²) < 4.78 is 1.78. The Bertz CT molecular complexity index is 698. The lowest BCUT2D eigenvalue weighted by atomic mass is 10.1. The van der Waals surface area contributed by atoms with Crippen LogP contribution < -0.4 is 0 Å². The number of nitrogens with one attached hydrogen (secondary N) is 1. The number of nitrogens with zero attached hydrogens (tertiary/aromatic N) is 4. The molecule has 18 heavy (non-hydrogen) atoms. The molecule has 3 rings (SSSR count). The Kier molecular flexibility index (Phi) is 2.40. The summed E-state index contributed by atoms with van der Waals surface area (Å²) in [4.78, 5) is 12.0. The highest BCUT2D eigenvalue weighted by Gasteiger charge is 2.15. The molecular weight excluding hydrogens is 230 g/mol. The van der Waals surface area contributed by atoms with Crippen LogP contribution in [-0.4, -0.2) is 31.0 Å². The monoisotopic (exact) mass is 241 g/mol. The van der Waals surface area contributed by atoms with E-state index in [0.717, 1.165) is 16.6 Å². The van der Waals surface area contributed by atoms with Gasteiger partial charge in [-0.15, -0.1) is 0 Å². The Morgan fingerprint density at radius 2 is 2.22 bits per heavy atom. The summed E-state index contributed by atoms with van der Waals surface area (Å²) >= 11 is 0. The van der Waals surface area contributed by atoms with E-state index < -0.39 is 0 Å². The summed E-state index contributed by atoms with van der Waals surface area (Å²) in [6.07, 6.45) is 1.65. The molecule has 90 valence electrons. The highest BCUT2D eigenvalue weighted by molar-refractivity contribution is 5.97. The molecule has 0 unspecified atom stereocenters. The van der Waals surface area contributed by atoms with Gasteiger partial charge in [0.05, 0.1) is 23.8 Å². The molecule has 3 aromatic rings. The third-order valence-electron chi connectivity index (χ3n) is 2.86. The van der Waals surface area contributed by atoms with E-state index in [-0.39, 0.29) is 12.2 Å². The molecule has 0 amide bonds. The van der Waals surface area contributed by atoms with Crippen LogP contribution in [0.1, 0.15) is 16.2 Å². The summed E-state index contributed by atoms with van der Waals surface area (Å²) in [5, 5.41) is 15.2. The van der Waals surface area contributed by atoms with Crippen LogP contribution in [0.25, 0.3) is 10.9 Å². The molecule has 0 radical (unpaired) electrons. The van der Waals surface area contributed by atoms with Crippen molar-refractivity contribution in [3.63, 3.8) is 0 Å². The van der Waals surface area contributed by atoms with Crippen molar-refractivity contribution in [1.82, 2.24) is 25.2 Å². The highest BCUT2D eigenvalue weighted by Crippen LogP contribution is 2.18. The van der Waals surface area contributed by atoms with Gasteiger partial charge in [0.25, 0.3) is 0 Å². The summed E-state index contributed by atoms with van der Waals surface area (Å²) in [6, 6.07) is 7.83. The number of hydrogen-bond donors (Lipinski definition) is 1. The second-order valence-electron chi connectivity index (χ2n) is 4.04. The molecule has 0 aliphatic carbocycles. The molecule has 0 fully saturated rings. The number of benzene rings is 1. The van der Waals surface area contributed by atoms with Crippen molar-refractivity contribution in [2.45, 2.75) is 6.42 Å². The minimum absolute atomic E-state index is 0.0902. The number of carbonyl (C=O) groups is 1. The number of aromatic amines is 1. The van der Waals surface area contributed by atoms with Crippen molar-refractivity contribution in [2.75, 3.05) is 0 Å². The summed E-state index contributed by atoms with van der Waals surface area (Å²) in [6.45, 7) is 0. The molecule has 0 aliphatic rings. The van der Waals surface area contributed by atoms with Crippen molar-refractivity contribution in [3.05, 3.63) is 41.9 Å². The van der Waals surface area contributed by atoms with Crippen molar-refractivity contribution >= 4 is 16.7 Å². The maximum absolute atomic E-state index is 12.0. The molecule has 6 heteroatoms. The van der Waals surface area contributed by atoms with Gasteiger partial charge in [-0.1, -0.05) is 18.2 Å². The lowest BCUT2D eigenvalue weighted by Gasteiger charge is -1.94. The second-order valence-corrected chi connectivity index (χ2v) is 4.04. The zero-order chi connectivity index (χ0) is 12.5. The second kappa shape index (κ2) is 4.06. The van der Waals surface area contributed by atoms with Crippen molar-refractivity contribution in [1.29, 1.82) is 0 Å². The predicted molar refractivity (Wildman–Crippen MR) is 65.1 cm³/mol. The zero-order valence-electron chi connectivity index (χ0n) is 9.79. The maximum Gasteiger partial charge on any atom is 0.190 e. The van der Waals surface area contributed by atoms with Gasteiger partial charge in [0, 0.05) is 12.4 Å². The quantitative estimate of drug-likeness (QED) is 0.697.